The zero-order valence-corrected chi connectivity index (χ0v) is 12.6. The molecule has 0 saturated carbocycles. The quantitative estimate of drug-likeness (QED) is 0.857. The van der Waals surface area contributed by atoms with Crippen LogP contribution in [0.3, 0.4) is 0 Å². The summed E-state index contributed by atoms with van der Waals surface area (Å²) in [5, 5.41) is 15.1. The Bertz CT molecular complexity index is 684. The summed E-state index contributed by atoms with van der Waals surface area (Å²) in [6.45, 7) is -0.260. The predicted molar refractivity (Wildman–Crippen MR) is 78.5 cm³/mol. The molecule has 7 nitrogen and oxygen atoms in total. The molecule has 0 fully saturated rings. The molecule has 0 aliphatic heterocycles. The minimum Gasteiger partial charge on any atom is -0.496 e. The molecule has 0 unspecified atom stereocenters. The Labute approximate surface area is 128 Å². The Balaban J connectivity index is 2.09. The number of methoxy groups -OCH3 is 1. The number of hydrogen-bond acceptors (Lipinski definition) is 4. The van der Waals surface area contributed by atoms with Crippen LogP contribution < -0.4 is 10.1 Å². The highest BCUT2D eigenvalue weighted by Gasteiger charge is 2.10. The molecule has 2 N–H and O–H groups in total. The van der Waals surface area contributed by atoms with E-state index < -0.39 is 5.97 Å². The maximum absolute atomic E-state index is 12.1. The van der Waals surface area contributed by atoms with E-state index in [4.69, 9.17) is 9.84 Å². The third kappa shape index (κ3) is 3.82. The van der Waals surface area contributed by atoms with Crippen molar-refractivity contribution in [3.63, 3.8) is 0 Å². The van der Waals surface area contributed by atoms with Crippen molar-refractivity contribution < 1.29 is 19.4 Å². The van der Waals surface area contributed by atoms with E-state index in [2.05, 4.69) is 26.3 Å². The Kier molecular flexibility index (Phi) is 4.59. The highest BCUT2D eigenvalue weighted by atomic mass is 79.9. The molecule has 110 valence electrons. The summed E-state index contributed by atoms with van der Waals surface area (Å²) < 4.78 is 6.98. The van der Waals surface area contributed by atoms with E-state index in [1.807, 2.05) is 0 Å². The van der Waals surface area contributed by atoms with Gasteiger partial charge in [0.2, 0.25) is 0 Å². The van der Waals surface area contributed by atoms with E-state index >= 15 is 0 Å². The van der Waals surface area contributed by atoms with Crippen molar-refractivity contribution in [2.24, 2.45) is 0 Å². The number of nitrogens with zero attached hydrogens (tertiary/aromatic N) is 2. The molecule has 0 saturated heterocycles. The van der Waals surface area contributed by atoms with Crippen molar-refractivity contribution in [2.45, 2.75) is 6.54 Å². The molecule has 0 atom stereocenters. The second kappa shape index (κ2) is 6.40. The number of rotatable bonds is 5. The third-order valence-corrected chi connectivity index (χ3v) is 3.22. The van der Waals surface area contributed by atoms with E-state index in [0.717, 1.165) is 0 Å². The highest BCUT2D eigenvalue weighted by molar-refractivity contribution is 9.10. The summed E-state index contributed by atoms with van der Waals surface area (Å²) >= 11 is 3.31. The molecule has 1 amide bonds. The number of carboxylic acids is 1. The lowest BCUT2D eigenvalue weighted by atomic mass is 10.2. The number of carbonyl (C=O) groups is 2. The number of nitrogens with one attached hydrogen (secondary N) is 1. The van der Waals surface area contributed by atoms with Crippen molar-refractivity contribution in [3.05, 3.63) is 40.6 Å². The highest BCUT2D eigenvalue weighted by Crippen LogP contribution is 2.25. The molecule has 1 aromatic carbocycles. The van der Waals surface area contributed by atoms with Gasteiger partial charge in [-0.25, -0.2) is 0 Å². The fourth-order valence-electron chi connectivity index (χ4n) is 1.66. The van der Waals surface area contributed by atoms with Crippen LogP contribution >= 0.6 is 15.9 Å². The summed E-state index contributed by atoms with van der Waals surface area (Å²) in [4.78, 5) is 22.6. The smallest absolute Gasteiger partial charge is 0.325 e. The number of anilines is 1. The van der Waals surface area contributed by atoms with E-state index in [9.17, 15) is 9.59 Å². The van der Waals surface area contributed by atoms with Gasteiger partial charge in [-0.05, 0) is 34.1 Å². The number of halogens is 1. The van der Waals surface area contributed by atoms with Gasteiger partial charge in [0.15, 0.2) is 0 Å². The maximum Gasteiger partial charge on any atom is 0.325 e. The summed E-state index contributed by atoms with van der Waals surface area (Å²) in [5.74, 6) is -0.705. The van der Waals surface area contributed by atoms with Crippen molar-refractivity contribution >= 4 is 33.5 Å². The number of carboxylic acid groups (broad SMARTS) is 1. The predicted octanol–water partition coefficient (Wildman–Crippen LogP) is 1.99. The van der Waals surface area contributed by atoms with Gasteiger partial charge < -0.3 is 15.2 Å². The van der Waals surface area contributed by atoms with E-state index in [-0.39, 0.29) is 12.5 Å². The van der Waals surface area contributed by atoms with Gasteiger partial charge in [-0.15, -0.1) is 0 Å². The summed E-state index contributed by atoms with van der Waals surface area (Å²) in [6.07, 6.45) is 2.84. The Morgan fingerprint density at radius 2 is 2.24 bits per heavy atom. The monoisotopic (exact) mass is 353 g/mol. The average molecular weight is 354 g/mol. The SMILES string of the molecule is COc1ccc(C(=O)Nc2cnn(CC(=O)O)c2)cc1Br. The van der Waals surface area contributed by atoms with Crippen LogP contribution in [-0.4, -0.2) is 33.9 Å². The lowest BCUT2D eigenvalue weighted by molar-refractivity contribution is -0.137. The molecular weight excluding hydrogens is 342 g/mol. The first-order chi connectivity index (χ1) is 9.99. The van der Waals surface area contributed by atoms with Crippen molar-refractivity contribution in [1.82, 2.24) is 9.78 Å². The molecule has 2 aromatic rings. The van der Waals surface area contributed by atoms with Crippen LogP contribution in [0.4, 0.5) is 5.69 Å². The fourth-order valence-corrected chi connectivity index (χ4v) is 2.20. The minimum absolute atomic E-state index is 0.260. The first kappa shape index (κ1) is 15.0. The van der Waals surface area contributed by atoms with Gasteiger partial charge in [-0.2, -0.15) is 5.10 Å². The van der Waals surface area contributed by atoms with E-state index in [1.54, 1.807) is 18.2 Å². The molecule has 0 aliphatic rings. The number of hydrogen-bond donors (Lipinski definition) is 2. The van der Waals surface area contributed by atoms with Crippen molar-refractivity contribution in [3.8, 4) is 5.75 Å². The Hall–Kier alpha value is -2.35. The van der Waals surface area contributed by atoms with Crippen LogP contribution in [0.15, 0.2) is 35.1 Å². The molecule has 0 aliphatic carbocycles. The number of aromatic nitrogens is 2. The van der Waals surface area contributed by atoms with Crippen LogP contribution in [0.2, 0.25) is 0 Å². The maximum atomic E-state index is 12.1. The summed E-state index contributed by atoms with van der Waals surface area (Å²) in [5.41, 5.74) is 0.863. The molecule has 0 radical (unpaired) electrons. The molecule has 21 heavy (non-hydrogen) atoms. The van der Waals surface area contributed by atoms with Crippen molar-refractivity contribution in [1.29, 1.82) is 0 Å². The molecule has 1 aromatic heterocycles. The molecule has 2 rings (SSSR count). The zero-order valence-electron chi connectivity index (χ0n) is 11.0. The molecule has 1 heterocycles. The van der Waals surface area contributed by atoms with E-state index in [1.165, 1.54) is 24.2 Å². The molecule has 0 spiro atoms. The summed E-state index contributed by atoms with van der Waals surface area (Å²) in [6, 6.07) is 4.93. The number of benzene rings is 1. The zero-order chi connectivity index (χ0) is 15.4. The fraction of sp³-hybridized carbons (Fsp3) is 0.154. The van der Waals surface area contributed by atoms with Gasteiger partial charge in [-0.3, -0.25) is 14.3 Å². The van der Waals surface area contributed by atoms with Gasteiger partial charge in [0.05, 0.1) is 23.5 Å². The molecular formula is C13H12BrN3O4. The van der Waals surface area contributed by atoms with Crippen LogP contribution in [-0.2, 0) is 11.3 Å². The first-order valence-corrected chi connectivity index (χ1v) is 6.68. The third-order valence-electron chi connectivity index (χ3n) is 2.60. The number of ether oxygens (including phenoxy) is 1. The van der Waals surface area contributed by atoms with Crippen LogP contribution in [0.25, 0.3) is 0 Å². The first-order valence-electron chi connectivity index (χ1n) is 5.88. The Morgan fingerprint density at radius 1 is 1.48 bits per heavy atom. The number of carbonyl (C=O) groups excluding carboxylic acids is 1. The normalized spacial score (nSPS) is 10.2. The molecule has 8 heteroatoms. The van der Waals surface area contributed by atoms with Crippen LogP contribution in [0.5, 0.6) is 5.75 Å². The number of amides is 1. The van der Waals surface area contributed by atoms with Gasteiger partial charge in [0.1, 0.15) is 12.3 Å². The van der Waals surface area contributed by atoms with Crippen LogP contribution in [0.1, 0.15) is 10.4 Å². The lowest BCUT2D eigenvalue weighted by Gasteiger charge is -2.06. The average Bonchev–Trinajstić information content (AvgIpc) is 2.84. The topological polar surface area (TPSA) is 93.5 Å². The standard InChI is InChI=1S/C13H12BrN3O4/c1-21-11-3-2-8(4-10(11)14)13(20)16-9-5-15-17(6-9)7-12(18)19/h2-6H,7H2,1H3,(H,16,20)(H,18,19). The van der Waals surface area contributed by atoms with Crippen LogP contribution in [0, 0.1) is 0 Å². The van der Waals surface area contributed by atoms with Gasteiger partial charge in [-0.1, -0.05) is 0 Å². The van der Waals surface area contributed by atoms with Gasteiger partial charge in [0, 0.05) is 11.8 Å². The Morgan fingerprint density at radius 3 is 2.86 bits per heavy atom. The van der Waals surface area contributed by atoms with Gasteiger partial charge in [0.25, 0.3) is 5.91 Å². The largest absolute Gasteiger partial charge is 0.496 e. The van der Waals surface area contributed by atoms with Crippen molar-refractivity contribution in [2.75, 3.05) is 12.4 Å². The number of aliphatic carboxylic acids is 1. The second-order valence-corrected chi connectivity index (χ2v) is 4.98. The lowest BCUT2D eigenvalue weighted by Crippen LogP contribution is -2.12. The van der Waals surface area contributed by atoms with Gasteiger partial charge >= 0.3 is 5.97 Å². The minimum atomic E-state index is -1.00. The molecule has 0 bridgehead atoms. The van der Waals surface area contributed by atoms with E-state index in [0.29, 0.717) is 21.5 Å². The summed E-state index contributed by atoms with van der Waals surface area (Å²) in [7, 11) is 1.54. The second-order valence-electron chi connectivity index (χ2n) is 4.12.